The van der Waals surface area contributed by atoms with Crippen LogP contribution in [0.1, 0.15) is 25.3 Å². The second-order valence-electron chi connectivity index (χ2n) is 5.21. The summed E-state index contributed by atoms with van der Waals surface area (Å²) in [5, 5.41) is 7.84. The van der Waals surface area contributed by atoms with E-state index in [1.165, 1.54) is 5.56 Å². The van der Waals surface area contributed by atoms with Crippen LogP contribution in [-0.2, 0) is 6.54 Å². The second-order valence-corrected chi connectivity index (χ2v) is 6.62. The van der Waals surface area contributed by atoms with Crippen molar-refractivity contribution in [3.8, 4) is 0 Å². The summed E-state index contributed by atoms with van der Waals surface area (Å²) in [5.74, 6) is 1.05. The molecule has 2 heterocycles. The fraction of sp³-hybridized carbons (Fsp3) is 0.714. The number of urea groups is 1. The molecule has 1 atom stereocenters. The van der Waals surface area contributed by atoms with Crippen molar-refractivity contribution in [1.29, 1.82) is 0 Å². The molecule has 0 aliphatic carbocycles. The highest BCUT2D eigenvalue weighted by atomic mass is 32.2. The summed E-state index contributed by atoms with van der Waals surface area (Å²) in [5.41, 5.74) is 1.17. The quantitative estimate of drug-likeness (QED) is 0.847. The Balaban J connectivity index is 1.64. The minimum Gasteiger partial charge on any atom is -0.338 e. The molecule has 1 aromatic rings. The number of aryl methyl sites for hydroxylation is 2. The van der Waals surface area contributed by atoms with Gasteiger partial charge in [-0.15, -0.1) is 0 Å². The standard InChI is InChI=1S/C14H24N4OS/c1-3-13-11-17(7-8-20-13)14(19)15-5-4-6-18-10-12(2)9-16-18/h9-10,13H,3-8,11H2,1-2H3,(H,15,19)/t13-/m1/s1. The largest absolute Gasteiger partial charge is 0.338 e. The SMILES string of the molecule is CC[C@@H]1CN(C(=O)NCCCn2cc(C)cn2)CCS1. The number of nitrogens with zero attached hydrogens (tertiary/aromatic N) is 3. The molecular weight excluding hydrogens is 272 g/mol. The van der Waals surface area contributed by atoms with Crippen LogP contribution in [-0.4, -0.2) is 51.3 Å². The minimum absolute atomic E-state index is 0.0837. The van der Waals surface area contributed by atoms with Gasteiger partial charge in [-0.2, -0.15) is 16.9 Å². The van der Waals surface area contributed by atoms with E-state index in [0.29, 0.717) is 11.8 Å². The highest BCUT2D eigenvalue weighted by Gasteiger charge is 2.22. The fourth-order valence-corrected chi connectivity index (χ4v) is 3.47. The topological polar surface area (TPSA) is 50.2 Å². The molecule has 0 saturated carbocycles. The van der Waals surface area contributed by atoms with Crippen LogP contribution in [0.15, 0.2) is 12.4 Å². The highest BCUT2D eigenvalue weighted by Crippen LogP contribution is 2.20. The summed E-state index contributed by atoms with van der Waals surface area (Å²) in [7, 11) is 0. The number of amides is 2. The first-order valence-electron chi connectivity index (χ1n) is 7.32. The molecule has 1 aliphatic rings. The molecular formula is C14H24N4OS. The van der Waals surface area contributed by atoms with E-state index < -0.39 is 0 Å². The monoisotopic (exact) mass is 296 g/mol. The molecule has 0 bridgehead atoms. The third-order valence-electron chi connectivity index (χ3n) is 3.48. The lowest BCUT2D eigenvalue weighted by Crippen LogP contribution is -2.47. The van der Waals surface area contributed by atoms with E-state index in [-0.39, 0.29) is 6.03 Å². The first-order chi connectivity index (χ1) is 9.69. The van der Waals surface area contributed by atoms with Gasteiger partial charge >= 0.3 is 6.03 Å². The first-order valence-corrected chi connectivity index (χ1v) is 8.37. The van der Waals surface area contributed by atoms with E-state index >= 15 is 0 Å². The summed E-state index contributed by atoms with van der Waals surface area (Å²) < 4.78 is 1.92. The molecule has 1 saturated heterocycles. The molecule has 0 spiro atoms. The molecule has 2 amide bonds. The van der Waals surface area contributed by atoms with E-state index in [1.807, 2.05) is 40.7 Å². The van der Waals surface area contributed by atoms with Gasteiger partial charge in [0.15, 0.2) is 0 Å². The maximum atomic E-state index is 12.1. The number of aromatic nitrogens is 2. The number of carbonyl (C=O) groups is 1. The van der Waals surface area contributed by atoms with E-state index in [1.54, 1.807) is 0 Å². The summed E-state index contributed by atoms with van der Waals surface area (Å²) >= 11 is 1.98. The van der Waals surface area contributed by atoms with E-state index in [0.717, 1.165) is 38.2 Å². The Morgan fingerprint density at radius 3 is 3.15 bits per heavy atom. The average Bonchev–Trinajstić information content (AvgIpc) is 2.89. The van der Waals surface area contributed by atoms with Gasteiger partial charge in [0, 0.05) is 43.4 Å². The zero-order chi connectivity index (χ0) is 14.4. The third kappa shape index (κ3) is 4.44. The molecule has 112 valence electrons. The van der Waals surface area contributed by atoms with Crippen LogP contribution in [0.3, 0.4) is 0 Å². The summed E-state index contributed by atoms with van der Waals surface area (Å²) in [6, 6.07) is 0.0837. The van der Waals surface area contributed by atoms with E-state index in [2.05, 4.69) is 17.3 Å². The fourth-order valence-electron chi connectivity index (χ4n) is 2.29. The number of hydrogen-bond acceptors (Lipinski definition) is 3. The Labute approximate surface area is 125 Å². The molecule has 2 rings (SSSR count). The van der Waals surface area contributed by atoms with Gasteiger partial charge in [-0.05, 0) is 25.3 Å². The zero-order valence-corrected chi connectivity index (χ0v) is 13.2. The smallest absolute Gasteiger partial charge is 0.317 e. The zero-order valence-electron chi connectivity index (χ0n) is 12.3. The van der Waals surface area contributed by atoms with Gasteiger partial charge in [-0.25, -0.2) is 4.79 Å². The number of nitrogens with one attached hydrogen (secondary N) is 1. The molecule has 0 radical (unpaired) electrons. The van der Waals surface area contributed by atoms with Gasteiger partial charge < -0.3 is 10.2 Å². The van der Waals surface area contributed by atoms with Crippen LogP contribution in [0.5, 0.6) is 0 Å². The van der Waals surface area contributed by atoms with Crippen molar-refractivity contribution in [2.45, 2.75) is 38.5 Å². The molecule has 1 aromatic heterocycles. The predicted octanol–water partition coefficient (Wildman–Crippen LogP) is 2.12. The van der Waals surface area contributed by atoms with Crippen LogP contribution in [0.25, 0.3) is 0 Å². The normalized spacial score (nSPS) is 19.1. The predicted molar refractivity (Wildman–Crippen MR) is 83.1 cm³/mol. The highest BCUT2D eigenvalue weighted by molar-refractivity contribution is 8.00. The van der Waals surface area contributed by atoms with Crippen LogP contribution in [0, 0.1) is 6.92 Å². The Hall–Kier alpha value is -1.17. The number of thioether (sulfide) groups is 1. The minimum atomic E-state index is 0.0837. The number of hydrogen-bond donors (Lipinski definition) is 1. The van der Waals surface area contributed by atoms with E-state index in [4.69, 9.17) is 0 Å². The lowest BCUT2D eigenvalue weighted by atomic mass is 10.3. The van der Waals surface area contributed by atoms with Crippen molar-refractivity contribution >= 4 is 17.8 Å². The lowest BCUT2D eigenvalue weighted by Gasteiger charge is -2.31. The average molecular weight is 296 g/mol. The van der Waals surface area contributed by atoms with Crippen LogP contribution < -0.4 is 5.32 Å². The molecule has 0 unspecified atom stereocenters. The van der Waals surface area contributed by atoms with E-state index in [9.17, 15) is 4.79 Å². The molecule has 5 nitrogen and oxygen atoms in total. The first kappa shape index (κ1) is 15.2. The van der Waals surface area contributed by atoms with Gasteiger partial charge in [0.1, 0.15) is 0 Å². The van der Waals surface area contributed by atoms with Gasteiger partial charge in [-0.3, -0.25) is 4.68 Å². The molecule has 1 fully saturated rings. The van der Waals surface area contributed by atoms with Crippen LogP contribution >= 0.6 is 11.8 Å². The van der Waals surface area contributed by atoms with Gasteiger partial charge in [0.2, 0.25) is 0 Å². The summed E-state index contributed by atoms with van der Waals surface area (Å²) in [4.78, 5) is 14.0. The Bertz CT molecular complexity index is 435. The maximum absolute atomic E-state index is 12.1. The van der Waals surface area contributed by atoms with Crippen LogP contribution in [0.2, 0.25) is 0 Å². The second kappa shape index (κ2) is 7.57. The summed E-state index contributed by atoms with van der Waals surface area (Å²) in [6.45, 7) is 7.52. The van der Waals surface area contributed by atoms with Crippen molar-refractivity contribution < 1.29 is 4.79 Å². The number of rotatable bonds is 5. The third-order valence-corrected chi connectivity index (χ3v) is 4.86. The Kier molecular flexibility index (Phi) is 5.76. The Morgan fingerprint density at radius 1 is 1.60 bits per heavy atom. The van der Waals surface area contributed by atoms with Crippen molar-refractivity contribution in [1.82, 2.24) is 20.0 Å². The Morgan fingerprint density at radius 2 is 2.45 bits per heavy atom. The van der Waals surface area contributed by atoms with Crippen molar-refractivity contribution in [2.24, 2.45) is 0 Å². The van der Waals surface area contributed by atoms with Gasteiger partial charge in [0.25, 0.3) is 0 Å². The van der Waals surface area contributed by atoms with Crippen LogP contribution in [0.4, 0.5) is 4.79 Å². The summed E-state index contributed by atoms with van der Waals surface area (Å²) in [6.07, 6.45) is 5.92. The van der Waals surface area contributed by atoms with Gasteiger partial charge in [0.05, 0.1) is 6.20 Å². The maximum Gasteiger partial charge on any atom is 0.317 e. The van der Waals surface area contributed by atoms with Gasteiger partial charge in [-0.1, -0.05) is 6.92 Å². The molecule has 20 heavy (non-hydrogen) atoms. The van der Waals surface area contributed by atoms with Crippen molar-refractivity contribution in [3.63, 3.8) is 0 Å². The molecule has 6 heteroatoms. The lowest BCUT2D eigenvalue weighted by molar-refractivity contribution is 0.199. The molecule has 0 aromatic carbocycles. The molecule has 1 N–H and O–H groups in total. The molecule has 1 aliphatic heterocycles. The number of carbonyl (C=O) groups excluding carboxylic acids is 1. The van der Waals surface area contributed by atoms with Crippen molar-refractivity contribution in [3.05, 3.63) is 18.0 Å². The van der Waals surface area contributed by atoms with Crippen molar-refractivity contribution in [2.75, 3.05) is 25.4 Å².